The summed E-state index contributed by atoms with van der Waals surface area (Å²) in [4.78, 5) is 29.2. The molecular weight excluding hydrogens is 538 g/mol. The summed E-state index contributed by atoms with van der Waals surface area (Å²) in [5.74, 6) is -0.424. The minimum Gasteiger partial charge on any atom is -0.492 e. The quantitative estimate of drug-likeness (QED) is 0.279. The van der Waals surface area contributed by atoms with Crippen molar-refractivity contribution < 1.29 is 22.7 Å². The number of benzene rings is 3. The first-order valence-corrected chi connectivity index (χ1v) is 15.5. The third-order valence-corrected chi connectivity index (χ3v) is 8.64. The molecule has 0 aromatic heterocycles. The van der Waals surface area contributed by atoms with Crippen LogP contribution in [0.3, 0.4) is 0 Å². The van der Waals surface area contributed by atoms with Gasteiger partial charge in [-0.1, -0.05) is 74.0 Å². The molecule has 3 rings (SSSR count). The van der Waals surface area contributed by atoms with Gasteiger partial charge in [0, 0.05) is 12.6 Å². The van der Waals surface area contributed by atoms with E-state index in [1.807, 2.05) is 58.9 Å². The number of rotatable bonds is 14. The molecule has 0 aliphatic carbocycles. The summed E-state index contributed by atoms with van der Waals surface area (Å²) in [7, 11) is -4.17. The maximum absolute atomic E-state index is 14.2. The fourth-order valence-electron chi connectivity index (χ4n) is 4.54. The van der Waals surface area contributed by atoms with Gasteiger partial charge in [-0.15, -0.1) is 0 Å². The van der Waals surface area contributed by atoms with Gasteiger partial charge in [-0.2, -0.15) is 0 Å². The minimum atomic E-state index is -4.17. The number of carbonyl (C=O) groups is 2. The molecule has 0 radical (unpaired) electrons. The number of amides is 2. The summed E-state index contributed by atoms with van der Waals surface area (Å²) < 4.78 is 34.9. The molecule has 0 aliphatic rings. The highest BCUT2D eigenvalue weighted by atomic mass is 32.2. The fourth-order valence-corrected chi connectivity index (χ4v) is 5.99. The fraction of sp³-hybridized carbons (Fsp3) is 0.375. The van der Waals surface area contributed by atoms with E-state index in [9.17, 15) is 18.0 Å². The number of carbonyl (C=O) groups excluding carboxylic acids is 2. The number of nitrogens with zero attached hydrogens (tertiary/aromatic N) is 2. The van der Waals surface area contributed by atoms with Gasteiger partial charge in [0.05, 0.1) is 17.2 Å². The maximum Gasteiger partial charge on any atom is 0.264 e. The van der Waals surface area contributed by atoms with Gasteiger partial charge in [0.15, 0.2) is 0 Å². The molecule has 0 saturated carbocycles. The lowest BCUT2D eigenvalue weighted by Gasteiger charge is -2.34. The van der Waals surface area contributed by atoms with E-state index < -0.39 is 28.5 Å². The smallest absolute Gasteiger partial charge is 0.264 e. The SMILES string of the molecule is CCOc1ccccc1N(CC(=O)N(Cc1cccc(C)c1)[C@H](CC)C(=O)N[C@H](C)CC)S(=O)(=O)c1ccccc1. The predicted molar refractivity (Wildman–Crippen MR) is 162 cm³/mol. The van der Waals surface area contributed by atoms with Crippen LogP contribution in [-0.2, 0) is 26.2 Å². The van der Waals surface area contributed by atoms with E-state index >= 15 is 0 Å². The van der Waals surface area contributed by atoms with E-state index in [0.29, 0.717) is 18.8 Å². The van der Waals surface area contributed by atoms with Crippen LogP contribution in [0.15, 0.2) is 83.8 Å². The van der Waals surface area contributed by atoms with Gasteiger partial charge in [-0.3, -0.25) is 13.9 Å². The molecule has 3 aromatic carbocycles. The molecule has 0 unspecified atom stereocenters. The first-order valence-electron chi connectivity index (χ1n) is 14.1. The number of para-hydroxylation sites is 2. The number of ether oxygens (including phenoxy) is 1. The van der Waals surface area contributed by atoms with E-state index in [1.165, 1.54) is 17.0 Å². The number of nitrogens with one attached hydrogen (secondary N) is 1. The highest BCUT2D eigenvalue weighted by Crippen LogP contribution is 2.33. The highest BCUT2D eigenvalue weighted by Gasteiger charge is 2.35. The molecule has 0 heterocycles. The summed E-state index contributed by atoms with van der Waals surface area (Å²) in [5.41, 5.74) is 2.12. The summed E-state index contributed by atoms with van der Waals surface area (Å²) in [6.45, 7) is 9.46. The van der Waals surface area contributed by atoms with Crippen molar-refractivity contribution in [2.75, 3.05) is 17.5 Å². The van der Waals surface area contributed by atoms with Gasteiger partial charge in [0.25, 0.3) is 10.0 Å². The molecule has 220 valence electrons. The summed E-state index contributed by atoms with van der Waals surface area (Å²) >= 11 is 0. The van der Waals surface area contributed by atoms with Gasteiger partial charge in [-0.25, -0.2) is 8.42 Å². The van der Waals surface area contributed by atoms with Crippen molar-refractivity contribution in [3.05, 3.63) is 90.0 Å². The number of hydrogen-bond acceptors (Lipinski definition) is 5. The predicted octanol–water partition coefficient (Wildman–Crippen LogP) is 5.31. The maximum atomic E-state index is 14.2. The average Bonchev–Trinajstić information content (AvgIpc) is 2.96. The second-order valence-electron chi connectivity index (χ2n) is 9.98. The molecule has 0 aliphatic heterocycles. The van der Waals surface area contributed by atoms with Crippen LogP contribution in [0, 0.1) is 6.92 Å². The molecular formula is C32H41N3O5S. The Balaban J connectivity index is 2.10. The van der Waals surface area contributed by atoms with Crippen LogP contribution in [0.5, 0.6) is 5.75 Å². The first-order chi connectivity index (χ1) is 19.6. The van der Waals surface area contributed by atoms with E-state index in [2.05, 4.69) is 5.32 Å². The van der Waals surface area contributed by atoms with Gasteiger partial charge < -0.3 is 15.0 Å². The van der Waals surface area contributed by atoms with Crippen molar-refractivity contribution in [3.63, 3.8) is 0 Å². The Morgan fingerprint density at radius 2 is 1.59 bits per heavy atom. The summed E-state index contributed by atoms with van der Waals surface area (Å²) in [6, 6.07) is 21.6. The lowest BCUT2D eigenvalue weighted by molar-refractivity contribution is -0.140. The molecule has 9 heteroatoms. The van der Waals surface area contributed by atoms with Crippen LogP contribution in [0.4, 0.5) is 5.69 Å². The molecule has 1 N–H and O–H groups in total. The van der Waals surface area contributed by atoms with Crippen molar-refractivity contribution in [1.82, 2.24) is 10.2 Å². The molecule has 0 fully saturated rings. The normalized spacial score (nSPS) is 12.7. The lowest BCUT2D eigenvalue weighted by atomic mass is 10.1. The molecule has 0 spiro atoms. The second-order valence-corrected chi connectivity index (χ2v) is 11.8. The molecule has 0 saturated heterocycles. The van der Waals surface area contributed by atoms with Gasteiger partial charge in [0.2, 0.25) is 11.8 Å². The first kappa shape index (κ1) is 31.7. The molecule has 8 nitrogen and oxygen atoms in total. The van der Waals surface area contributed by atoms with Crippen molar-refractivity contribution in [2.45, 2.75) is 71.0 Å². The largest absolute Gasteiger partial charge is 0.492 e. The molecule has 2 atom stereocenters. The van der Waals surface area contributed by atoms with E-state index in [0.717, 1.165) is 21.9 Å². The number of aryl methyl sites for hydroxylation is 1. The Morgan fingerprint density at radius 3 is 2.22 bits per heavy atom. The number of anilines is 1. The van der Waals surface area contributed by atoms with Crippen LogP contribution in [0.1, 0.15) is 51.7 Å². The number of hydrogen-bond donors (Lipinski definition) is 1. The van der Waals surface area contributed by atoms with Crippen LogP contribution in [0.25, 0.3) is 0 Å². The zero-order valence-electron chi connectivity index (χ0n) is 24.5. The van der Waals surface area contributed by atoms with E-state index in [1.54, 1.807) is 42.5 Å². The minimum absolute atomic E-state index is 0.0471. The average molecular weight is 580 g/mol. The van der Waals surface area contributed by atoms with Crippen LogP contribution < -0.4 is 14.4 Å². The lowest BCUT2D eigenvalue weighted by Crippen LogP contribution is -2.53. The van der Waals surface area contributed by atoms with E-state index in [4.69, 9.17) is 4.74 Å². The molecule has 0 bridgehead atoms. The third-order valence-electron chi connectivity index (χ3n) is 6.87. The van der Waals surface area contributed by atoms with Gasteiger partial charge in [0.1, 0.15) is 18.3 Å². The van der Waals surface area contributed by atoms with Gasteiger partial charge in [-0.05, 0) is 63.4 Å². The Bertz CT molecular complexity index is 1410. The Hall–Kier alpha value is -3.85. The third kappa shape index (κ3) is 8.10. The number of sulfonamides is 1. The molecule has 3 aromatic rings. The topological polar surface area (TPSA) is 96.0 Å². The van der Waals surface area contributed by atoms with Crippen molar-refractivity contribution in [3.8, 4) is 5.75 Å². The van der Waals surface area contributed by atoms with Crippen molar-refractivity contribution in [2.24, 2.45) is 0 Å². The Kier molecular flexibility index (Phi) is 11.3. The standard InChI is InChI=1S/C32H41N3O5S/c1-6-25(5)33-32(37)28(7-2)34(22-26-16-14-15-24(4)21-26)31(36)23-35(29-19-12-13-20-30(29)40-8-3)41(38,39)27-17-10-9-11-18-27/h9-21,25,28H,6-8,22-23H2,1-5H3,(H,33,37)/t25-,28-/m1/s1. The van der Waals surface area contributed by atoms with Crippen LogP contribution in [0.2, 0.25) is 0 Å². The molecule has 2 amide bonds. The highest BCUT2D eigenvalue weighted by molar-refractivity contribution is 7.92. The summed E-state index contributed by atoms with van der Waals surface area (Å²) in [5, 5.41) is 3.00. The van der Waals surface area contributed by atoms with Crippen LogP contribution >= 0.6 is 0 Å². The second kappa shape index (κ2) is 14.7. The zero-order chi connectivity index (χ0) is 30.0. The monoisotopic (exact) mass is 579 g/mol. The Morgan fingerprint density at radius 1 is 0.902 bits per heavy atom. The van der Waals surface area contributed by atoms with Crippen molar-refractivity contribution >= 4 is 27.5 Å². The molecule has 41 heavy (non-hydrogen) atoms. The van der Waals surface area contributed by atoms with E-state index in [-0.39, 0.29) is 29.1 Å². The summed E-state index contributed by atoms with van der Waals surface area (Å²) in [6.07, 6.45) is 1.10. The Labute approximate surface area is 244 Å². The van der Waals surface area contributed by atoms with Crippen molar-refractivity contribution in [1.29, 1.82) is 0 Å². The van der Waals surface area contributed by atoms with Gasteiger partial charge >= 0.3 is 0 Å². The zero-order valence-corrected chi connectivity index (χ0v) is 25.4. The van der Waals surface area contributed by atoms with Crippen LogP contribution in [-0.4, -0.2) is 50.4 Å².